The van der Waals surface area contributed by atoms with Gasteiger partial charge in [-0.2, -0.15) is 0 Å². The minimum atomic E-state index is -1.17. The normalized spacial score (nSPS) is 12.0. The highest BCUT2D eigenvalue weighted by Gasteiger charge is 2.39. The maximum absolute atomic E-state index is 12.0. The van der Waals surface area contributed by atoms with Crippen LogP contribution in [-0.2, 0) is 4.65 Å². The molecule has 1 aromatic rings. The minimum Gasteiger partial charge on any atom is -0.423 e. The smallest absolute Gasteiger partial charge is 0.423 e. The number of aliphatic hydroxyl groups is 1. The van der Waals surface area contributed by atoms with Crippen molar-refractivity contribution in [2.75, 3.05) is 18.0 Å². The predicted molar refractivity (Wildman–Crippen MR) is 97.6 cm³/mol. The van der Waals surface area contributed by atoms with Crippen LogP contribution in [0.25, 0.3) is 0 Å². The number of hydrogen-bond donors (Lipinski definition) is 3. The summed E-state index contributed by atoms with van der Waals surface area (Å²) < 4.78 is 5.61. The van der Waals surface area contributed by atoms with Gasteiger partial charge in [-0.1, -0.05) is 12.1 Å². The van der Waals surface area contributed by atoms with Crippen molar-refractivity contribution in [3.05, 3.63) is 24.3 Å². The van der Waals surface area contributed by atoms with Crippen molar-refractivity contribution in [2.24, 2.45) is 0 Å². The molecule has 0 unspecified atom stereocenters. The van der Waals surface area contributed by atoms with Crippen molar-refractivity contribution >= 4 is 24.3 Å². The Morgan fingerprint density at radius 2 is 1.75 bits per heavy atom. The Hall–Kier alpha value is -1.57. The molecular weight excluding hydrogens is 307 g/mol. The van der Waals surface area contributed by atoms with Gasteiger partial charge in [-0.3, -0.25) is 4.90 Å². The number of amides is 2. The van der Waals surface area contributed by atoms with E-state index in [4.69, 9.17) is 4.65 Å². The molecular formula is C17H29BN2O4. The van der Waals surface area contributed by atoms with Crippen LogP contribution in [-0.4, -0.2) is 47.6 Å². The van der Waals surface area contributed by atoms with Crippen molar-refractivity contribution in [1.29, 1.82) is 0 Å². The molecule has 0 saturated carbocycles. The summed E-state index contributed by atoms with van der Waals surface area (Å²) in [5.74, 6) is 0. The number of carbonyl (C=O) groups excluding carboxylic acids is 1. The first-order valence-corrected chi connectivity index (χ1v) is 8.27. The van der Waals surface area contributed by atoms with Crippen molar-refractivity contribution < 1.29 is 19.6 Å². The highest BCUT2D eigenvalue weighted by molar-refractivity contribution is 6.60. The third kappa shape index (κ3) is 4.96. The van der Waals surface area contributed by atoms with Crippen LogP contribution in [0.2, 0.25) is 0 Å². The Balaban J connectivity index is 2.88. The van der Waals surface area contributed by atoms with Gasteiger partial charge in [0, 0.05) is 18.8 Å². The lowest BCUT2D eigenvalue weighted by atomic mass is 9.76. The van der Waals surface area contributed by atoms with E-state index in [-0.39, 0.29) is 6.03 Å². The fraction of sp³-hybridized carbons (Fsp3) is 0.588. The van der Waals surface area contributed by atoms with Gasteiger partial charge < -0.3 is 20.1 Å². The van der Waals surface area contributed by atoms with Crippen molar-refractivity contribution in [1.82, 2.24) is 5.32 Å². The standard InChI is InChI=1S/C17H29BN2O4/c1-7-19-15(21)20(8-2)14-11-9-13(10-12-14)18(23)24-17(5,6)16(3,4)22/h9-12,22-23H,7-8H2,1-6H3,(H,19,21). The third-order valence-corrected chi connectivity index (χ3v) is 4.26. The maximum Gasteiger partial charge on any atom is 0.491 e. The molecule has 0 aliphatic carbocycles. The van der Waals surface area contributed by atoms with E-state index < -0.39 is 18.3 Å². The summed E-state index contributed by atoms with van der Waals surface area (Å²) >= 11 is 0. The molecule has 134 valence electrons. The fourth-order valence-electron chi connectivity index (χ4n) is 2.00. The number of nitrogens with zero attached hydrogens (tertiary/aromatic N) is 1. The van der Waals surface area contributed by atoms with Crippen molar-refractivity contribution in [2.45, 2.75) is 52.7 Å². The first kappa shape index (κ1) is 20.5. The van der Waals surface area contributed by atoms with Gasteiger partial charge in [-0.25, -0.2) is 4.79 Å². The highest BCUT2D eigenvalue weighted by Crippen LogP contribution is 2.25. The Kier molecular flexibility index (Phi) is 6.83. The van der Waals surface area contributed by atoms with Gasteiger partial charge in [0.1, 0.15) is 0 Å². The largest absolute Gasteiger partial charge is 0.491 e. The zero-order chi connectivity index (χ0) is 18.5. The molecule has 1 rings (SSSR count). The molecule has 0 heterocycles. The van der Waals surface area contributed by atoms with E-state index in [1.54, 1.807) is 56.9 Å². The molecule has 0 aliphatic heterocycles. The predicted octanol–water partition coefficient (Wildman–Crippen LogP) is 1.50. The first-order chi connectivity index (χ1) is 11.0. The van der Waals surface area contributed by atoms with Gasteiger partial charge >= 0.3 is 13.1 Å². The molecule has 3 N–H and O–H groups in total. The van der Waals surface area contributed by atoms with E-state index in [2.05, 4.69) is 5.32 Å². The Labute approximate surface area is 145 Å². The van der Waals surface area contributed by atoms with Crippen LogP contribution in [0.4, 0.5) is 10.5 Å². The lowest BCUT2D eigenvalue weighted by molar-refractivity contribution is -0.0982. The molecule has 0 fully saturated rings. The SMILES string of the molecule is CCNC(=O)N(CC)c1ccc(B(O)OC(C)(C)C(C)(C)O)cc1. The number of carbonyl (C=O) groups is 1. The number of benzene rings is 1. The molecule has 1 aromatic carbocycles. The first-order valence-electron chi connectivity index (χ1n) is 8.27. The molecule has 2 amide bonds. The van der Waals surface area contributed by atoms with Gasteiger partial charge in [-0.05, 0) is 59.1 Å². The molecule has 0 radical (unpaired) electrons. The Morgan fingerprint density at radius 1 is 1.21 bits per heavy atom. The summed E-state index contributed by atoms with van der Waals surface area (Å²) in [6.07, 6.45) is 0. The summed E-state index contributed by atoms with van der Waals surface area (Å²) in [5.41, 5.74) is -0.739. The van der Waals surface area contributed by atoms with E-state index in [1.807, 2.05) is 13.8 Å². The van der Waals surface area contributed by atoms with Gasteiger partial charge in [-0.15, -0.1) is 0 Å². The second kappa shape index (κ2) is 8.01. The third-order valence-electron chi connectivity index (χ3n) is 4.26. The van der Waals surface area contributed by atoms with Gasteiger partial charge in [0.05, 0.1) is 11.2 Å². The summed E-state index contributed by atoms with van der Waals surface area (Å²) in [6.45, 7) is 11.6. The van der Waals surface area contributed by atoms with E-state index >= 15 is 0 Å². The molecule has 6 nitrogen and oxygen atoms in total. The molecule has 0 aromatic heterocycles. The number of nitrogens with one attached hydrogen (secondary N) is 1. The van der Waals surface area contributed by atoms with Crippen LogP contribution in [0, 0.1) is 0 Å². The quantitative estimate of drug-likeness (QED) is 0.659. The zero-order valence-corrected chi connectivity index (χ0v) is 15.5. The summed E-state index contributed by atoms with van der Waals surface area (Å²) in [4.78, 5) is 13.6. The van der Waals surface area contributed by atoms with Crippen LogP contribution < -0.4 is 15.7 Å². The average Bonchev–Trinajstić information content (AvgIpc) is 2.47. The monoisotopic (exact) mass is 336 g/mol. The fourth-order valence-corrected chi connectivity index (χ4v) is 2.00. The van der Waals surface area contributed by atoms with Gasteiger partial charge in [0.2, 0.25) is 0 Å². The maximum atomic E-state index is 12.0. The molecule has 0 aliphatic rings. The van der Waals surface area contributed by atoms with Crippen molar-refractivity contribution in [3.63, 3.8) is 0 Å². The van der Waals surface area contributed by atoms with Crippen LogP contribution >= 0.6 is 0 Å². The van der Waals surface area contributed by atoms with Crippen LogP contribution in [0.1, 0.15) is 41.5 Å². The number of urea groups is 1. The number of rotatable bonds is 7. The molecule has 0 bridgehead atoms. The number of hydrogen-bond acceptors (Lipinski definition) is 4. The molecule has 0 saturated heterocycles. The van der Waals surface area contributed by atoms with Crippen molar-refractivity contribution in [3.8, 4) is 0 Å². The molecule has 0 atom stereocenters. The summed E-state index contributed by atoms with van der Waals surface area (Å²) in [5, 5.41) is 23.2. The van der Waals surface area contributed by atoms with Gasteiger partial charge in [0.15, 0.2) is 0 Å². The topological polar surface area (TPSA) is 82.0 Å². The lowest BCUT2D eigenvalue weighted by Crippen LogP contribution is -2.53. The second-order valence-electron chi connectivity index (χ2n) is 6.71. The summed E-state index contributed by atoms with van der Waals surface area (Å²) in [6, 6.07) is 6.79. The molecule has 24 heavy (non-hydrogen) atoms. The number of anilines is 1. The molecule has 0 spiro atoms. The summed E-state index contributed by atoms with van der Waals surface area (Å²) in [7, 11) is -1.17. The van der Waals surface area contributed by atoms with Crippen LogP contribution in [0.15, 0.2) is 24.3 Å². The van der Waals surface area contributed by atoms with E-state index in [9.17, 15) is 14.9 Å². The Morgan fingerprint density at radius 3 is 2.17 bits per heavy atom. The Bertz CT molecular complexity index is 541. The average molecular weight is 336 g/mol. The van der Waals surface area contributed by atoms with Gasteiger partial charge in [0.25, 0.3) is 0 Å². The van der Waals surface area contributed by atoms with E-state index in [0.717, 1.165) is 5.69 Å². The zero-order valence-electron chi connectivity index (χ0n) is 15.5. The van der Waals surface area contributed by atoms with E-state index in [1.165, 1.54) is 0 Å². The minimum absolute atomic E-state index is 0.160. The lowest BCUT2D eigenvalue weighted by Gasteiger charge is -2.38. The second-order valence-corrected chi connectivity index (χ2v) is 6.71. The molecule has 7 heteroatoms. The van der Waals surface area contributed by atoms with E-state index in [0.29, 0.717) is 18.6 Å². The van der Waals surface area contributed by atoms with Crippen LogP contribution in [0.3, 0.4) is 0 Å². The highest BCUT2D eigenvalue weighted by atomic mass is 16.5. The van der Waals surface area contributed by atoms with Crippen LogP contribution in [0.5, 0.6) is 0 Å².